The van der Waals surface area contributed by atoms with Gasteiger partial charge in [-0.15, -0.1) is 5.10 Å². The molecule has 0 radical (unpaired) electrons. The highest BCUT2D eigenvalue weighted by atomic mass is 15.3. The van der Waals surface area contributed by atoms with Crippen molar-refractivity contribution in [3.63, 3.8) is 0 Å². The van der Waals surface area contributed by atoms with Gasteiger partial charge in [0.2, 0.25) is 0 Å². The third-order valence-corrected chi connectivity index (χ3v) is 3.52. The molecule has 2 heterocycles. The van der Waals surface area contributed by atoms with Gasteiger partial charge in [-0.3, -0.25) is 10.3 Å². The summed E-state index contributed by atoms with van der Waals surface area (Å²) in [5, 5.41) is 15.7. The second kappa shape index (κ2) is 5.13. The van der Waals surface area contributed by atoms with Crippen LogP contribution in [0.25, 0.3) is 0 Å². The molecule has 19 heavy (non-hydrogen) atoms. The van der Waals surface area contributed by atoms with Crippen LogP contribution < -0.4 is 10.6 Å². The van der Waals surface area contributed by atoms with Crippen LogP contribution in [0.4, 0.5) is 5.82 Å². The summed E-state index contributed by atoms with van der Waals surface area (Å²) in [6.07, 6.45) is 1.58. The van der Waals surface area contributed by atoms with Crippen molar-refractivity contribution in [2.75, 3.05) is 31.1 Å². The van der Waals surface area contributed by atoms with Crippen LogP contribution in [0.2, 0.25) is 0 Å². The Balaban J connectivity index is 2.12. The topological polar surface area (TPSA) is 82.1 Å². The van der Waals surface area contributed by atoms with Gasteiger partial charge in [0.15, 0.2) is 5.82 Å². The molecule has 1 fully saturated rings. The molecule has 6 heteroatoms. The molecule has 0 unspecified atom stereocenters. The number of rotatable bonds is 2. The number of hydrogen-bond donors (Lipinski definition) is 2. The van der Waals surface area contributed by atoms with Crippen molar-refractivity contribution in [1.82, 2.24) is 15.1 Å². The van der Waals surface area contributed by atoms with Crippen molar-refractivity contribution in [3.8, 4) is 0 Å². The molecule has 0 atom stereocenters. The molecule has 1 aromatic heterocycles. The first-order valence-corrected chi connectivity index (χ1v) is 6.55. The Hall–Kier alpha value is -1.69. The van der Waals surface area contributed by atoms with E-state index in [4.69, 9.17) is 11.1 Å². The molecule has 1 saturated heterocycles. The molecule has 0 aliphatic carbocycles. The minimum atomic E-state index is 0.0446. The quantitative estimate of drug-likeness (QED) is 0.605. The van der Waals surface area contributed by atoms with Gasteiger partial charge >= 0.3 is 0 Å². The normalized spacial score (nSPS) is 17.5. The van der Waals surface area contributed by atoms with E-state index in [1.54, 1.807) is 12.3 Å². The van der Waals surface area contributed by atoms with Gasteiger partial charge in [0.05, 0.1) is 11.8 Å². The molecule has 2 rings (SSSR count). The average molecular weight is 262 g/mol. The van der Waals surface area contributed by atoms with Crippen molar-refractivity contribution in [1.29, 1.82) is 5.41 Å². The Morgan fingerprint density at radius 3 is 2.42 bits per heavy atom. The van der Waals surface area contributed by atoms with E-state index in [1.165, 1.54) is 0 Å². The summed E-state index contributed by atoms with van der Waals surface area (Å²) < 4.78 is 0. The molecule has 0 spiro atoms. The first-order valence-electron chi connectivity index (χ1n) is 6.55. The van der Waals surface area contributed by atoms with E-state index in [-0.39, 0.29) is 11.4 Å². The van der Waals surface area contributed by atoms with Gasteiger partial charge in [0.1, 0.15) is 5.84 Å². The van der Waals surface area contributed by atoms with Gasteiger partial charge in [-0.2, -0.15) is 5.10 Å². The lowest BCUT2D eigenvalue weighted by atomic mass is 10.0. The van der Waals surface area contributed by atoms with Gasteiger partial charge in [-0.25, -0.2) is 0 Å². The van der Waals surface area contributed by atoms with Gasteiger partial charge < -0.3 is 10.6 Å². The van der Waals surface area contributed by atoms with Crippen LogP contribution in [0.3, 0.4) is 0 Å². The Morgan fingerprint density at radius 1 is 1.26 bits per heavy atom. The summed E-state index contributed by atoms with van der Waals surface area (Å²) in [5.74, 6) is 0.770. The number of hydrogen-bond acceptors (Lipinski definition) is 5. The number of aromatic nitrogens is 2. The number of piperazine rings is 1. The molecule has 0 amide bonds. The largest absolute Gasteiger partial charge is 0.384 e. The van der Waals surface area contributed by atoms with E-state index in [2.05, 4.69) is 40.8 Å². The maximum absolute atomic E-state index is 7.61. The fourth-order valence-corrected chi connectivity index (χ4v) is 2.36. The van der Waals surface area contributed by atoms with Crippen LogP contribution in [-0.2, 0) is 0 Å². The van der Waals surface area contributed by atoms with Gasteiger partial charge in [0, 0.05) is 31.7 Å². The fourth-order valence-electron chi connectivity index (χ4n) is 2.36. The lowest BCUT2D eigenvalue weighted by Crippen LogP contribution is -2.54. The minimum absolute atomic E-state index is 0.0446. The monoisotopic (exact) mass is 262 g/mol. The van der Waals surface area contributed by atoms with E-state index in [1.807, 2.05) is 0 Å². The molecule has 1 aliphatic rings. The summed E-state index contributed by atoms with van der Waals surface area (Å²) >= 11 is 0. The molecule has 104 valence electrons. The average Bonchev–Trinajstić information content (AvgIpc) is 2.38. The second-order valence-corrected chi connectivity index (χ2v) is 5.83. The van der Waals surface area contributed by atoms with Crippen LogP contribution >= 0.6 is 0 Å². The first-order chi connectivity index (χ1) is 8.89. The third-order valence-electron chi connectivity index (χ3n) is 3.52. The van der Waals surface area contributed by atoms with E-state index >= 15 is 0 Å². The summed E-state index contributed by atoms with van der Waals surface area (Å²) in [7, 11) is 0. The zero-order chi connectivity index (χ0) is 14.0. The number of nitrogens with zero attached hydrogens (tertiary/aromatic N) is 4. The van der Waals surface area contributed by atoms with E-state index in [0.29, 0.717) is 5.56 Å². The second-order valence-electron chi connectivity index (χ2n) is 5.83. The molecule has 6 nitrogen and oxygen atoms in total. The smallest absolute Gasteiger partial charge is 0.162 e. The molecular weight excluding hydrogens is 240 g/mol. The Morgan fingerprint density at radius 2 is 1.89 bits per heavy atom. The SMILES string of the molecule is CC(C)(C)N1CCN(c2nnccc2C(=N)N)CC1. The molecule has 0 bridgehead atoms. The fraction of sp³-hybridized carbons (Fsp3) is 0.615. The minimum Gasteiger partial charge on any atom is -0.384 e. The van der Waals surface area contributed by atoms with E-state index in [0.717, 1.165) is 32.0 Å². The highest BCUT2D eigenvalue weighted by Crippen LogP contribution is 2.21. The third kappa shape index (κ3) is 3.01. The van der Waals surface area contributed by atoms with Crippen molar-refractivity contribution in [3.05, 3.63) is 17.8 Å². The van der Waals surface area contributed by atoms with Crippen molar-refractivity contribution >= 4 is 11.7 Å². The number of nitrogens with two attached hydrogens (primary N) is 1. The standard InChI is InChI=1S/C13H22N6/c1-13(2,3)19-8-6-18(7-9-19)12-10(11(14)15)4-5-16-17-12/h4-5H,6-9H2,1-3H3,(H3,14,15). The number of nitrogen functional groups attached to an aromatic ring is 1. The lowest BCUT2D eigenvalue weighted by Gasteiger charge is -2.42. The zero-order valence-corrected chi connectivity index (χ0v) is 11.8. The lowest BCUT2D eigenvalue weighted by molar-refractivity contribution is 0.128. The zero-order valence-electron chi connectivity index (χ0n) is 11.8. The maximum atomic E-state index is 7.61. The van der Waals surface area contributed by atoms with Gasteiger partial charge in [-0.1, -0.05) is 0 Å². The number of anilines is 1. The molecule has 1 aliphatic heterocycles. The highest BCUT2D eigenvalue weighted by Gasteiger charge is 2.27. The number of amidine groups is 1. The predicted molar refractivity (Wildman–Crippen MR) is 76.6 cm³/mol. The number of nitrogens with one attached hydrogen (secondary N) is 1. The Bertz CT molecular complexity index is 456. The summed E-state index contributed by atoms with van der Waals surface area (Å²) in [6, 6.07) is 1.75. The summed E-state index contributed by atoms with van der Waals surface area (Å²) in [6.45, 7) is 10.4. The predicted octanol–water partition coefficient (Wildman–Crippen LogP) is 0.681. The summed E-state index contributed by atoms with van der Waals surface area (Å²) in [5.41, 5.74) is 6.45. The summed E-state index contributed by atoms with van der Waals surface area (Å²) in [4.78, 5) is 4.61. The van der Waals surface area contributed by atoms with Crippen LogP contribution in [0.1, 0.15) is 26.3 Å². The highest BCUT2D eigenvalue weighted by molar-refractivity contribution is 5.99. The van der Waals surface area contributed by atoms with Crippen molar-refractivity contribution in [2.45, 2.75) is 26.3 Å². The molecule has 3 N–H and O–H groups in total. The molecule has 0 saturated carbocycles. The van der Waals surface area contributed by atoms with Crippen molar-refractivity contribution < 1.29 is 0 Å². The van der Waals surface area contributed by atoms with Crippen molar-refractivity contribution in [2.24, 2.45) is 5.73 Å². The maximum Gasteiger partial charge on any atom is 0.162 e. The van der Waals surface area contributed by atoms with Gasteiger partial charge in [-0.05, 0) is 26.8 Å². The van der Waals surface area contributed by atoms with Gasteiger partial charge in [0.25, 0.3) is 0 Å². The van der Waals surface area contributed by atoms with Crippen LogP contribution in [0, 0.1) is 5.41 Å². The van der Waals surface area contributed by atoms with Crippen LogP contribution in [-0.4, -0.2) is 52.7 Å². The van der Waals surface area contributed by atoms with Crippen LogP contribution in [0.5, 0.6) is 0 Å². The molecule has 0 aromatic carbocycles. The Kier molecular flexibility index (Phi) is 3.71. The Labute approximate surface area is 114 Å². The molecular formula is C13H22N6. The molecule has 1 aromatic rings. The van der Waals surface area contributed by atoms with E-state index < -0.39 is 0 Å². The van der Waals surface area contributed by atoms with E-state index in [9.17, 15) is 0 Å². The van der Waals surface area contributed by atoms with Crippen LogP contribution in [0.15, 0.2) is 12.3 Å². The first kappa shape index (κ1) is 13.7.